The molecule has 2 N–H and O–H groups in total. The highest BCUT2D eigenvalue weighted by Gasteiger charge is 2.25. The lowest BCUT2D eigenvalue weighted by molar-refractivity contribution is 0.0747. The maximum Gasteiger partial charge on any atom is 0.267 e. The zero-order valence-electron chi connectivity index (χ0n) is 12.2. The molecule has 0 spiro atoms. The molecule has 1 aromatic heterocycles. The molecule has 6 nitrogen and oxygen atoms in total. The van der Waals surface area contributed by atoms with Gasteiger partial charge in [-0.05, 0) is 25.7 Å². The van der Waals surface area contributed by atoms with Crippen molar-refractivity contribution in [3.63, 3.8) is 0 Å². The second-order valence-electron chi connectivity index (χ2n) is 5.52. The van der Waals surface area contributed by atoms with Crippen LogP contribution in [0.15, 0.2) is 0 Å². The second kappa shape index (κ2) is 6.62. The monoisotopic (exact) mass is 310 g/mol. The van der Waals surface area contributed by atoms with Gasteiger partial charge in [-0.25, -0.2) is 4.98 Å². The number of nitrogen functional groups attached to an aromatic ring is 1. The summed E-state index contributed by atoms with van der Waals surface area (Å²) >= 11 is 1.43. The number of thiazole rings is 1. The van der Waals surface area contributed by atoms with Gasteiger partial charge >= 0.3 is 0 Å². The number of hydrogen-bond acceptors (Lipinski definition) is 6. The van der Waals surface area contributed by atoms with Crippen molar-refractivity contribution >= 4 is 28.2 Å². The number of ether oxygens (including phenoxy) is 1. The molecule has 2 fully saturated rings. The summed E-state index contributed by atoms with van der Waals surface area (Å²) in [6.45, 7) is 4.71. The number of carbonyl (C=O) groups excluding carboxylic acids is 1. The van der Waals surface area contributed by atoms with E-state index in [9.17, 15) is 4.79 Å². The van der Waals surface area contributed by atoms with E-state index in [4.69, 9.17) is 10.5 Å². The topological polar surface area (TPSA) is 71.7 Å². The highest BCUT2D eigenvalue weighted by atomic mass is 32.1. The van der Waals surface area contributed by atoms with Gasteiger partial charge in [-0.2, -0.15) is 0 Å². The largest absolute Gasteiger partial charge is 0.382 e. The Kier molecular flexibility index (Phi) is 4.60. The van der Waals surface area contributed by atoms with E-state index in [0.29, 0.717) is 23.8 Å². The minimum Gasteiger partial charge on any atom is -0.382 e. The maximum absolute atomic E-state index is 12.6. The van der Waals surface area contributed by atoms with Gasteiger partial charge in [0.25, 0.3) is 5.91 Å². The van der Waals surface area contributed by atoms with Gasteiger partial charge in [0.1, 0.15) is 10.7 Å². The van der Waals surface area contributed by atoms with E-state index < -0.39 is 0 Å². The van der Waals surface area contributed by atoms with Crippen molar-refractivity contribution in [2.45, 2.75) is 25.7 Å². The van der Waals surface area contributed by atoms with Crippen molar-refractivity contribution in [2.75, 3.05) is 50.0 Å². The van der Waals surface area contributed by atoms with Gasteiger partial charge in [-0.15, -0.1) is 0 Å². The summed E-state index contributed by atoms with van der Waals surface area (Å²) in [6.07, 6.45) is 4.53. The third-order valence-corrected chi connectivity index (χ3v) is 5.09. The van der Waals surface area contributed by atoms with E-state index in [-0.39, 0.29) is 5.91 Å². The number of amides is 1. The normalized spacial score (nSPS) is 20.4. The fraction of sp³-hybridized carbons (Fsp3) is 0.714. The van der Waals surface area contributed by atoms with Crippen molar-refractivity contribution in [1.82, 2.24) is 9.88 Å². The van der Waals surface area contributed by atoms with E-state index in [1.54, 1.807) is 0 Å². The summed E-state index contributed by atoms with van der Waals surface area (Å²) in [5, 5.41) is 0.890. The van der Waals surface area contributed by atoms with Gasteiger partial charge in [0.05, 0.1) is 6.61 Å². The molecule has 0 unspecified atom stereocenters. The van der Waals surface area contributed by atoms with Crippen LogP contribution in [0.4, 0.5) is 10.9 Å². The number of rotatable bonds is 2. The predicted molar refractivity (Wildman–Crippen MR) is 83.9 cm³/mol. The van der Waals surface area contributed by atoms with Gasteiger partial charge < -0.3 is 20.3 Å². The van der Waals surface area contributed by atoms with Crippen LogP contribution >= 0.6 is 11.3 Å². The number of aromatic nitrogens is 1. The van der Waals surface area contributed by atoms with E-state index in [2.05, 4.69) is 9.88 Å². The third kappa shape index (κ3) is 3.29. The molecule has 21 heavy (non-hydrogen) atoms. The summed E-state index contributed by atoms with van der Waals surface area (Å²) in [7, 11) is 0. The fourth-order valence-electron chi connectivity index (χ4n) is 2.79. The molecule has 0 bridgehead atoms. The highest BCUT2D eigenvalue weighted by Crippen LogP contribution is 2.31. The second-order valence-corrected chi connectivity index (χ2v) is 6.49. The molecule has 3 heterocycles. The van der Waals surface area contributed by atoms with E-state index in [0.717, 1.165) is 37.8 Å². The molecule has 2 aliphatic heterocycles. The molecule has 7 heteroatoms. The van der Waals surface area contributed by atoms with Gasteiger partial charge in [0.15, 0.2) is 5.13 Å². The molecule has 1 aromatic rings. The lowest BCUT2D eigenvalue weighted by Crippen LogP contribution is -2.33. The molecule has 0 radical (unpaired) electrons. The Bertz CT molecular complexity index is 491. The van der Waals surface area contributed by atoms with Crippen molar-refractivity contribution < 1.29 is 9.53 Å². The van der Waals surface area contributed by atoms with Crippen LogP contribution in [0.3, 0.4) is 0 Å². The first-order chi connectivity index (χ1) is 10.3. The first-order valence-electron chi connectivity index (χ1n) is 7.64. The quantitative estimate of drug-likeness (QED) is 0.898. The number of nitrogens with zero attached hydrogens (tertiary/aromatic N) is 3. The van der Waals surface area contributed by atoms with Crippen LogP contribution in [-0.4, -0.2) is 55.2 Å². The highest BCUT2D eigenvalue weighted by molar-refractivity contribution is 7.18. The molecule has 0 aromatic carbocycles. The van der Waals surface area contributed by atoms with Crippen molar-refractivity contribution in [3.8, 4) is 0 Å². The number of anilines is 2. The Hall–Kier alpha value is -1.34. The van der Waals surface area contributed by atoms with Gasteiger partial charge in [0.2, 0.25) is 0 Å². The van der Waals surface area contributed by atoms with Crippen LogP contribution in [0.1, 0.15) is 35.4 Å². The fourth-order valence-corrected chi connectivity index (χ4v) is 3.79. The molecule has 1 amide bonds. The molecular formula is C14H22N4O2S. The molecular weight excluding hydrogens is 288 g/mol. The van der Waals surface area contributed by atoms with Crippen LogP contribution < -0.4 is 10.6 Å². The lowest BCUT2D eigenvalue weighted by atomic mass is 10.1. The molecule has 116 valence electrons. The predicted octanol–water partition coefficient (Wildman–Crippen LogP) is 1.58. The first kappa shape index (κ1) is 14.6. The van der Waals surface area contributed by atoms with E-state index in [1.165, 1.54) is 30.6 Å². The molecule has 0 atom stereocenters. The van der Waals surface area contributed by atoms with Crippen LogP contribution in [0.5, 0.6) is 0 Å². The molecule has 3 rings (SSSR count). The van der Waals surface area contributed by atoms with E-state index >= 15 is 0 Å². The molecule has 2 aliphatic rings. The Morgan fingerprint density at radius 1 is 1.10 bits per heavy atom. The molecule has 0 aliphatic carbocycles. The maximum atomic E-state index is 12.6. The SMILES string of the molecule is Nc1nc(N2CCCCC2)sc1C(=O)N1CCCOCC1. The van der Waals surface area contributed by atoms with Crippen LogP contribution in [0.2, 0.25) is 0 Å². The van der Waals surface area contributed by atoms with Crippen LogP contribution in [-0.2, 0) is 4.74 Å². The third-order valence-electron chi connectivity index (χ3n) is 3.97. The Labute approximate surface area is 128 Å². The number of piperidine rings is 1. The zero-order chi connectivity index (χ0) is 14.7. The van der Waals surface area contributed by atoms with Gasteiger partial charge in [0, 0.05) is 32.8 Å². The molecule has 2 saturated heterocycles. The minimum atomic E-state index is -0.00115. The summed E-state index contributed by atoms with van der Waals surface area (Å²) in [5.41, 5.74) is 5.99. The number of nitrogens with two attached hydrogens (primary N) is 1. The zero-order valence-corrected chi connectivity index (χ0v) is 13.0. The average Bonchev–Trinajstić information content (AvgIpc) is 2.74. The van der Waals surface area contributed by atoms with Crippen LogP contribution in [0.25, 0.3) is 0 Å². The summed E-state index contributed by atoms with van der Waals surface area (Å²) < 4.78 is 5.40. The number of hydrogen-bond donors (Lipinski definition) is 1. The van der Waals surface area contributed by atoms with Crippen molar-refractivity contribution in [1.29, 1.82) is 0 Å². The smallest absolute Gasteiger partial charge is 0.267 e. The lowest BCUT2D eigenvalue weighted by Gasteiger charge is -2.25. The van der Waals surface area contributed by atoms with Crippen LogP contribution in [0, 0.1) is 0 Å². The standard InChI is InChI=1S/C14H22N4O2S/c15-12-11(13(19)17-7-4-9-20-10-8-17)21-14(16-12)18-5-2-1-3-6-18/h1-10,15H2. The summed E-state index contributed by atoms with van der Waals surface area (Å²) in [5.74, 6) is 0.370. The van der Waals surface area contributed by atoms with Crippen molar-refractivity contribution in [3.05, 3.63) is 4.88 Å². The summed E-state index contributed by atoms with van der Waals surface area (Å²) in [4.78, 5) is 21.7. The first-order valence-corrected chi connectivity index (χ1v) is 8.45. The van der Waals surface area contributed by atoms with Crippen molar-refractivity contribution in [2.24, 2.45) is 0 Å². The minimum absolute atomic E-state index is 0.00115. The Morgan fingerprint density at radius 3 is 2.71 bits per heavy atom. The van der Waals surface area contributed by atoms with Gasteiger partial charge in [-0.3, -0.25) is 4.79 Å². The Morgan fingerprint density at radius 2 is 1.90 bits per heavy atom. The Balaban J connectivity index is 1.74. The average molecular weight is 310 g/mol. The van der Waals surface area contributed by atoms with E-state index in [1.807, 2.05) is 4.90 Å². The summed E-state index contributed by atoms with van der Waals surface area (Å²) in [6, 6.07) is 0. The number of carbonyl (C=O) groups is 1. The molecule has 0 saturated carbocycles. The van der Waals surface area contributed by atoms with Gasteiger partial charge in [-0.1, -0.05) is 11.3 Å².